The quantitative estimate of drug-likeness (QED) is 0.902. The molecule has 1 aromatic rings. The zero-order chi connectivity index (χ0) is 17.2. The summed E-state index contributed by atoms with van der Waals surface area (Å²) >= 11 is 0. The first-order chi connectivity index (χ1) is 11.5. The third-order valence-electron chi connectivity index (χ3n) is 5.06. The summed E-state index contributed by atoms with van der Waals surface area (Å²) in [5.41, 5.74) is 0.360. The molecule has 6 heteroatoms. The zero-order valence-corrected chi connectivity index (χ0v) is 14.0. The van der Waals surface area contributed by atoms with Crippen LogP contribution in [-0.4, -0.2) is 65.3 Å². The number of hydrogen-bond acceptors (Lipinski definition) is 4. The Hall–Kier alpha value is -2.08. The van der Waals surface area contributed by atoms with Crippen molar-refractivity contribution >= 4 is 12.0 Å². The van der Waals surface area contributed by atoms with E-state index in [1.54, 1.807) is 4.90 Å². The number of cyclic esters (lactones) is 1. The molecule has 0 spiro atoms. The summed E-state index contributed by atoms with van der Waals surface area (Å²) in [7, 11) is 0. The Morgan fingerprint density at radius 1 is 1.33 bits per heavy atom. The van der Waals surface area contributed by atoms with Crippen LogP contribution in [0.3, 0.4) is 0 Å². The van der Waals surface area contributed by atoms with Gasteiger partial charge in [-0.15, -0.1) is 0 Å². The third kappa shape index (κ3) is 3.70. The van der Waals surface area contributed by atoms with Crippen LogP contribution in [-0.2, 0) is 16.0 Å². The predicted octanol–water partition coefficient (Wildman–Crippen LogP) is 1.28. The monoisotopic (exact) mass is 332 g/mol. The van der Waals surface area contributed by atoms with Crippen molar-refractivity contribution in [3.63, 3.8) is 0 Å². The highest BCUT2D eigenvalue weighted by atomic mass is 16.6. The van der Waals surface area contributed by atoms with Crippen LogP contribution < -0.4 is 0 Å². The van der Waals surface area contributed by atoms with Gasteiger partial charge in [-0.05, 0) is 25.3 Å². The zero-order valence-electron chi connectivity index (χ0n) is 14.0. The molecular formula is C18H24N2O4. The maximum absolute atomic E-state index is 12.5. The number of rotatable bonds is 4. The standard InChI is InChI=1S/C18H24N2O4/c1-18(23)7-8-19(16(21)13-20-9-10-24-17(20)22)12-15(18)11-14-5-3-2-4-6-14/h2-6,15,23H,7-13H2,1H3/t15-,18+/m0/s1. The van der Waals surface area contributed by atoms with Crippen LogP contribution in [0, 0.1) is 5.92 Å². The highest BCUT2D eigenvalue weighted by Gasteiger charge is 2.39. The largest absolute Gasteiger partial charge is 0.448 e. The molecule has 2 aliphatic rings. The van der Waals surface area contributed by atoms with Crippen molar-refractivity contribution in [3.8, 4) is 0 Å². The molecule has 2 heterocycles. The van der Waals surface area contributed by atoms with Crippen molar-refractivity contribution < 1.29 is 19.4 Å². The fraction of sp³-hybridized carbons (Fsp3) is 0.556. The van der Waals surface area contributed by atoms with Crippen LogP contribution in [0.5, 0.6) is 0 Å². The summed E-state index contributed by atoms with van der Waals surface area (Å²) in [5.74, 6) is -0.106. The van der Waals surface area contributed by atoms with Gasteiger partial charge >= 0.3 is 6.09 Å². The molecule has 3 rings (SSSR count). The summed E-state index contributed by atoms with van der Waals surface area (Å²) in [4.78, 5) is 27.2. The number of piperidine rings is 1. The number of carbonyl (C=O) groups excluding carboxylic acids is 2. The average molecular weight is 332 g/mol. The SMILES string of the molecule is C[C@@]1(O)CCN(C(=O)CN2CCOC2=O)C[C@@H]1Cc1ccccc1. The normalized spacial score (nSPS) is 27.2. The maximum Gasteiger partial charge on any atom is 0.410 e. The number of benzene rings is 1. The van der Waals surface area contributed by atoms with Gasteiger partial charge in [-0.3, -0.25) is 9.69 Å². The molecule has 24 heavy (non-hydrogen) atoms. The molecule has 130 valence electrons. The smallest absolute Gasteiger partial charge is 0.410 e. The minimum Gasteiger partial charge on any atom is -0.448 e. The van der Waals surface area contributed by atoms with E-state index in [4.69, 9.17) is 4.74 Å². The molecule has 0 unspecified atom stereocenters. The Bertz CT molecular complexity index is 602. The molecule has 1 aromatic carbocycles. The number of carbonyl (C=O) groups is 2. The highest BCUT2D eigenvalue weighted by Crippen LogP contribution is 2.30. The van der Waals surface area contributed by atoms with E-state index in [2.05, 4.69) is 0 Å². The molecule has 2 saturated heterocycles. The Morgan fingerprint density at radius 3 is 2.75 bits per heavy atom. The lowest BCUT2D eigenvalue weighted by molar-refractivity contribution is -0.139. The molecule has 1 N–H and O–H groups in total. The lowest BCUT2D eigenvalue weighted by atomic mass is 9.79. The van der Waals surface area contributed by atoms with Crippen LogP contribution >= 0.6 is 0 Å². The van der Waals surface area contributed by atoms with Crippen LogP contribution in [0.15, 0.2) is 30.3 Å². The Labute approximate surface area is 142 Å². The van der Waals surface area contributed by atoms with E-state index in [9.17, 15) is 14.7 Å². The molecule has 0 aliphatic carbocycles. The van der Waals surface area contributed by atoms with Crippen molar-refractivity contribution in [1.82, 2.24) is 9.80 Å². The lowest BCUT2D eigenvalue weighted by Crippen LogP contribution is -2.54. The fourth-order valence-corrected chi connectivity index (χ4v) is 3.36. The molecule has 2 amide bonds. The molecule has 2 fully saturated rings. The van der Waals surface area contributed by atoms with Crippen molar-refractivity contribution in [2.45, 2.75) is 25.4 Å². The maximum atomic E-state index is 12.5. The highest BCUT2D eigenvalue weighted by molar-refractivity contribution is 5.83. The van der Waals surface area contributed by atoms with E-state index in [1.165, 1.54) is 4.90 Å². The van der Waals surface area contributed by atoms with Gasteiger partial charge in [-0.25, -0.2) is 4.79 Å². The number of aliphatic hydroxyl groups is 1. The van der Waals surface area contributed by atoms with Gasteiger partial charge in [0, 0.05) is 19.0 Å². The number of hydrogen-bond donors (Lipinski definition) is 1. The van der Waals surface area contributed by atoms with Crippen LogP contribution in [0.4, 0.5) is 4.79 Å². The topological polar surface area (TPSA) is 70.1 Å². The average Bonchev–Trinajstić information content (AvgIpc) is 2.95. The summed E-state index contributed by atoms with van der Waals surface area (Å²) < 4.78 is 4.86. The van der Waals surface area contributed by atoms with E-state index < -0.39 is 11.7 Å². The first-order valence-electron chi connectivity index (χ1n) is 8.41. The van der Waals surface area contributed by atoms with Crippen LogP contribution in [0.1, 0.15) is 18.9 Å². The predicted molar refractivity (Wildman–Crippen MR) is 88.4 cm³/mol. The van der Waals surface area contributed by atoms with E-state index in [0.717, 1.165) is 12.0 Å². The minimum atomic E-state index is -0.792. The molecule has 2 atom stereocenters. The molecule has 0 bridgehead atoms. The second-order valence-corrected chi connectivity index (χ2v) is 6.87. The Morgan fingerprint density at radius 2 is 2.08 bits per heavy atom. The number of nitrogens with zero attached hydrogens (tertiary/aromatic N) is 2. The molecule has 6 nitrogen and oxygen atoms in total. The molecule has 2 aliphatic heterocycles. The molecule has 0 saturated carbocycles. The number of ether oxygens (including phenoxy) is 1. The van der Waals surface area contributed by atoms with Gasteiger partial charge in [0.2, 0.25) is 5.91 Å². The Kier molecular flexibility index (Phi) is 4.76. The van der Waals surface area contributed by atoms with Crippen molar-refractivity contribution in [1.29, 1.82) is 0 Å². The van der Waals surface area contributed by atoms with Crippen LogP contribution in [0.2, 0.25) is 0 Å². The Balaban J connectivity index is 1.63. The van der Waals surface area contributed by atoms with E-state index >= 15 is 0 Å². The first-order valence-corrected chi connectivity index (χ1v) is 8.41. The summed E-state index contributed by atoms with van der Waals surface area (Å²) in [6.07, 6.45) is 0.845. The van der Waals surface area contributed by atoms with Gasteiger partial charge in [0.05, 0.1) is 12.1 Å². The van der Waals surface area contributed by atoms with E-state index in [-0.39, 0.29) is 18.4 Å². The van der Waals surface area contributed by atoms with Gasteiger partial charge in [0.1, 0.15) is 13.2 Å². The lowest BCUT2D eigenvalue weighted by Gasteiger charge is -2.43. The van der Waals surface area contributed by atoms with Gasteiger partial charge in [0.25, 0.3) is 0 Å². The van der Waals surface area contributed by atoms with Gasteiger partial charge in [-0.2, -0.15) is 0 Å². The summed E-state index contributed by atoms with van der Waals surface area (Å²) in [6, 6.07) is 10.0. The third-order valence-corrected chi connectivity index (χ3v) is 5.06. The fourth-order valence-electron chi connectivity index (χ4n) is 3.36. The number of likely N-dealkylation sites (tertiary alicyclic amines) is 1. The molecule has 0 radical (unpaired) electrons. The van der Waals surface area contributed by atoms with E-state index in [1.807, 2.05) is 37.3 Å². The van der Waals surface area contributed by atoms with Crippen molar-refractivity contribution in [3.05, 3.63) is 35.9 Å². The van der Waals surface area contributed by atoms with Gasteiger partial charge in [-0.1, -0.05) is 30.3 Å². The first kappa shape index (κ1) is 16.8. The number of amides is 2. The van der Waals surface area contributed by atoms with Crippen LogP contribution in [0.25, 0.3) is 0 Å². The van der Waals surface area contributed by atoms with Gasteiger partial charge < -0.3 is 14.7 Å². The molecule has 0 aromatic heterocycles. The second-order valence-electron chi connectivity index (χ2n) is 6.87. The summed E-state index contributed by atoms with van der Waals surface area (Å²) in [5, 5.41) is 10.7. The van der Waals surface area contributed by atoms with Crippen molar-refractivity contribution in [2.75, 3.05) is 32.8 Å². The van der Waals surface area contributed by atoms with E-state index in [0.29, 0.717) is 32.7 Å². The summed E-state index contributed by atoms with van der Waals surface area (Å²) in [6.45, 7) is 3.73. The van der Waals surface area contributed by atoms with Crippen molar-refractivity contribution in [2.24, 2.45) is 5.92 Å². The molecular weight excluding hydrogens is 308 g/mol. The van der Waals surface area contributed by atoms with Gasteiger partial charge in [0.15, 0.2) is 0 Å². The minimum absolute atomic E-state index is 0.0249. The second kappa shape index (κ2) is 6.81.